The maximum atomic E-state index is 2.61. The monoisotopic (exact) mass is 954 g/mol. The predicted octanol–water partition coefficient (Wildman–Crippen LogP) is 17.9. The van der Waals surface area contributed by atoms with Crippen LogP contribution in [0.15, 0.2) is 267 Å². The van der Waals surface area contributed by atoms with Crippen LogP contribution in [0.2, 0.25) is 0 Å². The van der Waals surface area contributed by atoms with E-state index in [1.54, 1.807) is 0 Å². The lowest BCUT2D eigenvalue weighted by atomic mass is 9.88. The molecule has 2 heterocycles. The van der Waals surface area contributed by atoms with Crippen molar-refractivity contribution in [3.63, 3.8) is 0 Å². The topological polar surface area (TPSA) is 16.3 Å². The van der Waals surface area contributed by atoms with Crippen LogP contribution in [0.1, 0.15) is 45.2 Å². The van der Waals surface area contributed by atoms with Crippen LogP contribution in [0.5, 0.6) is 0 Å². The summed E-state index contributed by atoms with van der Waals surface area (Å²) in [6, 6.07) is 80.9. The minimum Gasteiger partial charge on any atom is -0.311 e. The summed E-state index contributed by atoms with van der Waals surface area (Å²) >= 11 is 0. The molecule has 0 saturated heterocycles. The highest BCUT2D eigenvalue weighted by molar-refractivity contribution is 6.18. The van der Waals surface area contributed by atoms with Gasteiger partial charge in [-0.25, -0.2) is 0 Å². The van der Waals surface area contributed by atoms with Crippen LogP contribution in [0.3, 0.4) is 0 Å². The largest absolute Gasteiger partial charge is 0.311 e. The predicted molar refractivity (Wildman–Crippen MR) is 312 cm³/mol. The van der Waals surface area contributed by atoms with Crippen LogP contribution in [-0.2, 0) is 11.3 Å². The molecule has 0 amide bonds. The first-order valence-electron chi connectivity index (χ1n) is 26.0. The number of rotatable bonds is 10. The third-order valence-corrected chi connectivity index (χ3v) is 15.6. The van der Waals surface area contributed by atoms with Crippen LogP contribution < -0.4 is 9.80 Å². The van der Waals surface area contributed by atoms with E-state index < -0.39 is 11.3 Å². The van der Waals surface area contributed by atoms with Crippen molar-refractivity contribution in [2.45, 2.75) is 50.9 Å². The maximum Gasteiger partial charge on any atom is 0.160 e. The third kappa shape index (κ3) is 7.43. The van der Waals surface area contributed by atoms with Crippen molar-refractivity contribution < 1.29 is 0 Å². The summed E-state index contributed by atoms with van der Waals surface area (Å²) in [4.78, 5) is 5.08. The number of aryl methyl sites for hydroxylation is 4. The fraction of sp³-hybridized carbons (Fsp3) is 0.114. The molecule has 0 bridgehead atoms. The number of anilines is 4. The van der Waals surface area contributed by atoms with E-state index in [1.807, 2.05) is 0 Å². The first-order valence-corrected chi connectivity index (χ1v) is 26.0. The number of hydrogen-bond donors (Lipinski definition) is 0. The standard InChI is InChI=1S/C70H58N4/c1-49-23-31-57(32-24-49)71(58-33-25-50(2)26-34-58)69(43-39-55(40-44-69)53-15-7-5-8-16-53)73-65-21-13-11-19-61(65)63-48-68-64(47-67(63)73)62-20-12-14-22-66(62)74(68)70(45-41-56(42-46-70)54-17-9-6-10-18-54)72(59-35-27-51(3)28-36-59)60-37-29-52(4)30-38-60/h5-48,55-56H,1-4H3. The molecule has 0 spiro atoms. The third-order valence-electron chi connectivity index (χ3n) is 15.6. The molecule has 2 aliphatic rings. The zero-order valence-electron chi connectivity index (χ0n) is 42.3. The van der Waals surface area contributed by atoms with Gasteiger partial charge in [0.1, 0.15) is 0 Å². The molecule has 9 aromatic carbocycles. The molecule has 2 aliphatic carbocycles. The molecule has 0 atom stereocenters. The summed E-state index contributed by atoms with van der Waals surface area (Å²) in [5, 5.41) is 4.77. The summed E-state index contributed by atoms with van der Waals surface area (Å²) in [5.74, 6) is 0.221. The molecule has 4 nitrogen and oxygen atoms in total. The van der Waals surface area contributed by atoms with E-state index in [0.29, 0.717) is 0 Å². The molecule has 0 radical (unpaired) electrons. The Morgan fingerprint density at radius 3 is 0.892 bits per heavy atom. The fourth-order valence-corrected chi connectivity index (χ4v) is 11.9. The van der Waals surface area contributed by atoms with Crippen molar-refractivity contribution >= 4 is 66.4 Å². The molecule has 0 saturated carbocycles. The number of fused-ring (bicyclic) bond motifs is 6. The second-order valence-corrected chi connectivity index (χ2v) is 20.5. The number of para-hydroxylation sites is 2. The van der Waals surface area contributed by atoms with Gasteiger partial charge in [-0.15, -0.1) is 0 Å². The van der Waals surface area contributed by atoms with E-state index in [-0.39, 0.29) is 11.8 Å². The fourth-order valence-electron chi connectivity index (χ4n) is 11.9. The number of benzene rings is 9. The lowest BCUT2D eigenvalue weighted by molar-refractivity contribution is 0.493. The molecule has 0 unspecified atom stereocenters. The molecular formula is C70H58N4. The first-order chi connectivity index (χ1) is 36.3. The van der Waals surface area contributed by atoms with Gasteiger partial charge in [-0.2, -0.15) is 0 Å². The Kier molecular flexibility index (Phi) is 11.0. The second-order valence-electron chi connectivity index (χ2n) is 20.5. The average Bonchev–Trinajstić information content (AvgIpc) is 3.96. The molecule has 4 heteroatoms. The lowest BCUT2D eigenvalue weighted by Crippen LogP contribution is -2.46. The Hall–Kier alpha value is -8.86. The molecule has 358 valence electrons. The average molecular weight is 955 g/mol. The van der Waals surface area contributed by atoms with Gasteiger partial charge in [-0.3, -0.25) is 0 Å². The smallest absolute Gasteiger partial charge is 0.160 e. The lowest BCUT2D eigenvalue weighted by Gasteiger charge is -2.45. The molecule has 13 rings (SSSR count). The molecular weight excluding hydrogens is 897 g/mol. The molecule has 0 N–H and O–H groups in total. The zero-order valence-corrected chi connectivity index (χ0v) is 42.3. The van der Waals surface area contributed by atoms with E-state index >= 15 is 0 Å². The van der Waals surface area contributed by atoms with Crippen LogP contribution in [0.25, 0.3) is 43.6 Å². The van der Waals surface area contributed by atoms with Crippen molar-refractivity contribution in [2.24, 2.45) is 0 Å². The number of aromatic nitrogens is 2. The van der Waals surface area contributed by atoms with E-state index in [4.69, 9.17) is 0 Å². The Balaban J connectivity index is 1.13. The highest BCUT2D eigenvalue weighted by Gasteiger charge is 2.43. The number of nitrogens with zero attached hydrogens (tertiary/aromatic N) is 4. The van der Waals surface area contributed by atoms with Crippen LogP contribution >= 0.6 is 0 Å². The van der Waals surface area contributed by atoms with Crippen molar-refractivity contribution in [3.8, 4) is 0 Å². The van der Waals surface area contributed by atoms with E-state index in [1.165, 1.54) is 54.9 Å². The minimum atomic E-state index is -0.820. The van der Waals surface area contributed by atoms with Crippen LogP contribution in [0.4, 0.5) is 22.7 Å². The molecule has 74 heavy (non-hydrogen) atoms. The Bertz CT molecular complexity index is 3600. The van der Waals surface area contributed by atoms with Gasteiger partial charge in [0.05, 0.1) is 22.1 Å². The normalized spacial score (nSPS) is 19.2. The van der Waals surface area contributed by atoms with Crippen LogP contribution in [-0.4, -0.2) is 9.13 Å². The minimum absolute atomic E-state index is 0.110. The highest BCUT2D eigenvalue weighted by atomic mass is 15.4. The van der Waals surface area contributed by atoms with Gasteiger partial charge >= 0.3 is 0 Å². The zero-order chi connectivity index (χ0) is 50.0. The summed E-state index contributed by atoms with van der Waals surface area (Å²) in [5.41, 5.74) is 14.8. The highest BCUT2D eigenvalue weighted by Crippen LogP contribution is 2.50. The van der Waals surface area contributed by atoms with E-state index in [9.17, 15) is 0 Å². The van der Waals surface area contributed by atoms with Crippen molar-refractivity contribution in [1.82, 2.24) is 9.13 Å². The number of hydrogen-bond acceptors (Lipinski definition) is 2. The van der Waals surface area contributed by atoms with Gasteiger partial charge in [0.15, 0.2) is 11.3 Å². The van der Waals surface area contributed by atoms with Gasteiger partial charge in [-0.1, -0.05) is 192 Å². The van der Waals surface area contributed by atoms with Crippen molar-refractivity contribution in [2.75, 3.05) is 9.80 Å². The second kappa shape index (κ2) is 18.0. The quantitative estimate of drug-likeness (QED) is 0.127. The summed E-state index contributed by atoms with van der Waals surface area (Å²) in [7, 11) is 0. The van der Waals surface area contributed by atoms with E-state index in [0.717, 1.165) is 44.8 Å². The summed E-state index contributed by atoms with van der Waals surface area (Å²) in [6.07, 6.45) is 19.5. The van der Waals surface area contributed by atoms with Crippen LogP contribution in [0, 0.1) is 27.7 Å². The Morgan fingerprint density at radius 2 is 0.581 bits per heavy atom. The summed E-state index contributed by atoms with van der Waals surface area (Å²) < 4.78 is 5.23. The Labute approximate surface area is 434 Å². The first kappa shape index (κ1) is 45.0. The molecule has 0 aliphatic heterocycles. The van der Waals surface area contributed by atoms with Crippen molar-refractivity contribution in [1.29, 1.82) is 0 Å². The van der Waals surface area contributed by atoms with Gasteiger partial charge in [0.25, 0.3) is 0 Å². The molecule has 2 aromatic heterocycles. The van der Waals surface area contributed by atoms with E-state index in [2.05, 4.69) is 314 Å². The van der Waals surface area contributed by atoms with Gasteiger partial charge in [-0.05, 0) is 136 Å². The maximum absolute atomic E-state index is 2.61. The van der Waals surface area contributed by atoms with Crippen molar-refractivity contribution in [3.05, 3.63) is 300 Å². The van der Waals surface area contributed by atoms with Gasteiger partial charge < -0.3 is 18.9 Å². The SMILES string of the molecule is Cc1ccc(N(c2ccc(C)cc2)C2(n3c4ccccc4c4cc5c(cc43)c3ccccc3n5C3(N(c4ccc(C)cc4)c4ccc(C)cc4)C=CC(c4ccccc4)C=C3)C=CC(c3ccccc3)C=C2)cc1. The van der Waals surface area contributed by atoms with Gasteiger partial charge in [0, 0.05) is 56.1 Å². The number of allylic oxidation sites excluding steroid dienone is 4. The molecule has 0 fully saturated rings. The Morgan fingerprint density at radius 1 is 0.297 bits per heavy atom. The molecule has 11 aromatic rings. The van der Waals surface area contributed by atoms with Gasteiger partial charge in [0.2, 0.25) is 0 Å². The summed E-state index contributed by atoms with van der Waals surface area (Å²) in [6.45, 7) is 8.67.